The van der Waals surface area contributed by atoms with Crippen molar-refractivity contribution >= 4 is 23.2 Å². The number of fused-ring (bicyclic) bond motifs is 8. The molecule has 2 saturated carbocycles. The number of halogens is 3. The first-order valence-corrected chi connectivity index (χ1v) is 11.3. The first-order valence-electron chi connectivity index (χ1n) is 11.3. The van der Waals surface area contributed by atoms with Crippen molar-refractivity contribution in [1.82, 2.24) is 0 Å². The van der Waals surface area contributed by atoms with Gasteiger partial charge < -0.3 is 14.3 Å². The number of anilines is 1. The summed E-state index contributed by atoms with van der Waals surface area (Å²) in [4.78, 5) is 33.6. The maximum Gasteiger partial charge on any atom is 0.416 e. The van der Waals surface area contributed by atoms with Gasteiger partial charge in [-0.3, -0.25) is 14.5 Å². The van der Waals surface area contributed by atoms with Gasteiger partial charge in [-0.25, -0.2) is 0 Å². The quantitative estimate of drug-likeness (QED) is 0.613. The van der Waals surface area contributed by atoms with E-state index in [9.17, 15) is 22.8 Å². The third-order valence-corrected chi connectivity index (χ3v) is 7.81. The molecule has 0 spiro atoms. The van der Waals surface area contributed by atoms with Crippen LogP contribution in [0.3, 0.4) is 0 Å². The number of hydrogen-bond acceptors (Lipinski definition) is 6. The second-order valence-electron chi connectivity index (χ2n) is 9.31. The van der Waals surface area contributed by atoms with E-state index in [1.165, 1.54) is 19.2 Å². The Hall–Kier alpha value is -3.56. The lowest BCUT2D eigenvalue weighted by atomic mass is 9.71. The number of imide groups is 1. The third-order valence-electron chi connectivity index (χ3n) is 7.81. The van der Waals surface area contributed by atoms with Crippen molar-refractivity contribution in [2.24, 2.45) is 34.7 Å². The summed E-state index contributed by atoms with van der Waals surface area (Å²) in [5.74, 6) is -1.70. The Morgan fingerprint density at radius 3 is 2.40 bits per heavy atom. The monoisotopic (exact) mass is 486 g/mol. The zero-order chi connectivity index (χ0) is 24.6. The van der Waals surface area contributed by atoms with E-state index in [-0.39, 0.29) is 29.5 Å². The van der Waals surface area contributed by atoms with Crippen LogP contribution in [-0.2, 0) is 20.6 Å². The van der Waals surface area contributed by atoms with Crippen molar-refractivity contribution in [1.29, 1.82) is 0 Å². The Bertz CT molecular complexity index is 1280. The van der Waals surface area contributed by atoms with Gasteiger partial charge in [0.2, 0.25) is 11.8 Å². The highest BCUT2D eigenvalue weighted by molar-refractivity contribution is 6.23. The van der Waals surface area contributed by atoms with Gasteiger partial charge in [-0.05, 0) is 42.7 Å². The molecule has 7 nitrogen and oxygen atoms in total. The first kappa shape index (κ1) is 21.9. The number of carbonyl (C=O) groups excluding carboxylic acids is 2. The van der Waals surface area contributed by atoms with Crippen LogP contribution < -0.4 is 14.4 Å². The highest BCUT2D eigenvalue weighted by atomic mass is 19.4. The number of ether oxygens (including phenoxy) is 2. The Morgan fingerprint density at radius 2 is 1.71 bits per heavy atom. The standard InChI is InChI=1S/C25H21F3N2O5/c1-33-13-6-7-14(17(9-13)34-2)21-20-15-10-16(22(20)35-29-21)19-18(15)23(31)30(24(19)32)12-5-3-4-11(8-12)25(26,27)28/h3-9,15-16,18-20,22H,10H2,1-2H3/t15-,16+,18+,19-,20+,22+/m0/s1. The molecule has 182 valence electrons. The van der Waals surface area contributed by atoms with Crippen molar-refractivity contribution in [2.75, 3.05) is 19.1 Å². The van der Waals surface area contributed by atoms with Gasteiger partial charge in [0.1, 0.15) is 17.6 Å². The van der Waals surface area contributed by atoms with Crippen molar-refractivity contribution in [3.05, 3.63) is 53.6 Å². The lowest BCUT2D eigenvalue weighted by Crippen LogP contribution is -2.41. The molecule has 2 aromatic rings. The van der Waals surface area contributed by atoms with E-state index < -0.39 is 35.4 Å². The summed E-state index contributed by atoms with van der Waals surface area (Å²) in [6.45, 7) is 0. The van der Waals surface area contributed by atoms with E-state index in [0.717, 1.165) is 22.6 Å². The molecule has 2 aliphatic carbocycles. The van der Waals surface area contributed by atoms with Gasteiger partial charge in [0.05, 0.1) is 43.0 Å². The molecule has 2 heterocycles. The average Bonchev–Trinajstić information content (AvgIpc) is 3.58. The molecule has 0 N–H and O–H groups in total. The number of carbonyl (C=O) groups is 2. The van der Waals surface area contributed by atoms with Gasteiger partial charge >= 0.3 is 6.18 Å². The number of benzene rings is 2. The second kappa shape index (κ2) is 7.47. The van der Waals surface area contributed by atoms with Crippen LogP contribution in [0, 0.1) is 29.6 Å². The predicted octanol–water partition coefficient (Wildman–Crippen LogP) is 3.90. The number of alkyl halides is 3. The number of rotatable bonds is 4. The molecule has 2 amide bonds. The number of nitrogens with zero attached hydrogens (tertiary/aromatic N) is 2. The lowest BCUT2D eigenvalue weighted by molar-refractivity contribution is -0.137. The van der Waals surface area contributed by atoms with E-state index in [4.69, 9.17) is 14.3 Å². The van der Waals surface area contributed by atoms with Crippen molar-refractivity contribution in [3.8, 4) is 11.5 Å². The Balaban J connectivity index is 1.34. The van der Waals surface area contributed by atoms with E-state index in [1.807, 2.05) is 6.07 Å². The zero-order valence-electron chi connectivity index (χ0n) is 18.8. The Morgan fingerprint density at radius 1 is 0.971 bits per heavy atom. The molecule has 2 aliphatic heterocycles. The SMILES string of the molecule is COc1ccc(C2=NO[C@@H]3[C@@H]4C[C@@H]([C@H]5C(=O)N(c6cccc(C(F)(F)F)c6)C(=O)[C@@H]45)[C@H]23)c(OC)c1. The summed E-state index contributed by atoms with van der Waals surface area (Å²) < 4.78 is 50.5. The van der Waals surface area contributed by atoms with Gasteiger partial charge in [0.15, 0.2) is 0 Å². The van der Waals surface area contributed by atoms with Crippen LogP contribution in [0.5, 0.6) is 11.5 Å². The Kier molecular flexibility index (Phi) is 4.68. The van der Waals surface area contributed by atoms with E-state index in [1.54, 1.807) is 19.2 Å². The summed E-state index contributed by atoms with van der Waals surface area (Å²) in [5.41, 5.74) is 0.409. The molecular formula is C25H21F3N2O5. The van der Waals surface area contributed by atoms with Gasteiger partial charge in [0.25, 0.3) is 0 Å². The van der Waals surface area contributed by atoms with Crippen LogP contribution in [0.25, 0.3) is 0 Å². The molecule has 6 rings (SSSR count). The van der Waals surface area contributed by atoms with Crippen LogP contribution >= 0.6 is 0 Å². The first-order chi connectivity index (χ1) is 16.7. The smallest absolute Gasteiger partial charge is 0.416 e. The average molecular weight is 486 g/mol. The van der Waals surface area contributed by atoms with Crippen LogP contribution in [0.1, 0.15) is 17.5 Å². The molecule has 0 aromatic heterocycles. The second-order valence-corrected chi connectivity index (χ2v) is 9.31. The van der Waals surface area contributed by atoms with E-state index in [0.29, 0.717) is 23.6 Å². The minimum atomic E-state index is -4.58. The molecule has 0 radical (unpaired) electrons. The minimum Gasteiger partial charge on any atom is -0.497 e. The van der Waals surface area contributed by atoms with Gasteiger partial charge in [0, 0.05) is 23.5 Å². The summed E-state index contributed by atoms with van der Waals surface area (Å²) >= 11 is 0. The molecular weight excluding hydrogens is 465 g/mol. The summed E-state index contributed by atoms with van der Waals surface area (Å²) in [6, 6.07) is 9.68. The van der Waals surface area contributed by atoms with Gasteiger partial charge in [-0.15, -0.1) is 0 Å². The van der Waals surface area contributed by atoms with Crippen molar-refractivity contribution < 1.29 is 37.1 Å². The predicted molar refractivity (Wildman–Crippen MR) is 117 cm³/mol. The summed E-state index contributed by atoms with van der Waals surface area (Å²) in [6.07, 6.45) is -4.33. The highest BCUT2D eigenvalue weighted by Crippen LogP contribution is 2.62. The van der Waals surface area contributed by atoms with Gasteiger partial charge in [-0.2, -0.15) is 13.2 Å². The molecule has 10 heteroatoms. The normalized spacial score (nSPS) is 30.8. The van der Waals surface area contributed by atoms with Crippen LogP contribution in [0.2, 0.25) is 0 Å². The maximum atomic E-state index is 13.5. The highest BCUT2D eigenvalue weighted by Gasteiger charge is 2.70. The van der Waals surface area contributed by atoms with Crippen LogP contribution in [0.15, 0.2) is 47.6 Å². The van der Waals surface area contributed by atoms with E-state index in [2.05, 4.69) is 5.16 Å². The van der Waals surface area contributed by atoms with E-state index >= 15 is 0 Å². The molecule has 1 saturated heterocycles. The third kappa shape index (κ3) is 3.01. The number of methoxy groups -OCH3 is 2. The number of hydrogen-bond donors (Lipinski definition) is 0. The fraction of sp³-hybridized carbons (Fsp3) is 0.400. The fourth-order valence-electron chi connectivity index (χ4n) is 6.43. The molecule has 0 unspecified atom stereocenters. The van der Waals surface area contributed by atoms with Crippen LogP contribution in [0.4, 0.5) is 18.9 Å². The Labute approximate surface area is 198 Å². The summed E-state index contributed by atoms with van der Waals surface area (Å²) in [7, 11) is 3.09. The number of oxime groups is 1. The van der Waals surface area contributed by atoms with Crippen molar-refractivity contribution in [2.45, 2.75) is 18.7 Å². The molecule has 2 bridgehead atoms. The lowest BCUT2D eigenvalue weighted by Gasteiger charge is -2.30. The summed E-state index contributed by atoms with van der Waals surface area (Å²) in [5, 5.41) is 4.32. The maximum absolute atomic E-state index is 13.5. The molecule has 4 aliphatic rings. The largest absolute Gasteiger partial charge is 0.497 e. The fourth-order valence-corrected chi connectivity index (χ4v) is 6.43. The zero-order valence-corrected chi connectivity index (χ0v) is 18.8. The topological polar surface area (TPSA) is 77.4 Å². The molecule has 6 atom stereocenters. The van der Waals surface area contributed by atoms with Crippen LogP contribution in [-0.4, -0.2) is 37.8 Å². The number of amides is 2. The molecule has 2 aromatic carbocycles. The molecule has 35 heavy (non-hydrogen) atoms. The minimum absolute atomic E-state index is 0.0552. The molecule has 3 fully saturated rings. The van der Waals surface area contributed by atoms with Crippen molar-refractivity contribution in [3.63, 3.8) is 0 Å². The van der Waals surface area contributed by atoms with Gasteiger partial charge in [-0.1, -0.05) is 11.2 Å².